The van der Waals surface area contributed by atoms with E-state index in [1.807, 2.05) is 25.7 Å². The molecule has 0 aliphatic carbocycles. The van der Waals surface area contributed by atoms with Crippen molar-refractivity contribution in [2.75, 3.05) is 6.54 Å². The van der Waals surface area contributed by atoms with E-state index < -0.39 is 11.6 Å². The zero-order valence-electron chi connectivity index (χ0n) is 17.1. The summed E-state index contributed by atoms with van der Waals surface area (Å²) in [6, 6.07) is 3.68. The van der Waals surface area contributed by atoms with Crippen molar-refractivity contribution in [3.8, 4) is 0 Å². The summed E-state index contributed by atoms with van der Waals surface area (Å²) in [6.07, 6.45) is 1.34. The van der Waals surface area contributed by atoms with Gasteiger partial charge in [-0.15, -0.1) is 0 Å². The van der Waals surface area contributed by atoms with Gasteiger partial charge in [-0.05, 0) is 24.8 Å². The smallest absolute Gasteiger partial charge is 0.273 e. The molecule has 0 aliphatic heterocycles. The van der Waals surface area contributed by atoms with Crippen LogP contribution in [0.1, 0.15) is 56.6 Å². The average Bonchev–Trinajstić information content (AvgIpc) is 3.09. The fourth-order valence-corrected chi connectivity index (χ4v) is 2.68. The van der Waals surface area contributed by atoms with Crippen molar-refractivity contribution in [2.24, 2.45) is 11.8 Å². The van der Waals surface area contributed by atoms with Crippen LogP contribution in [-0.4, -0.2) is 28.4 Å². The highest BCUT2D eigenvalue weighted by atomic mass is 19.1. The Hall–Kier alpha value is -2.28. The lowest BCUT2D eigenvalue weighted by Crippen LogP contribution is -2.36. The van der Waals surface area contributed by atoms with Crippen LogP contribution in [-0.2, 0) is 13.1 Å². The van der Waals surface area contributed by atoms with Gasteiger partial charge in [0.2, 0.25) is 5.89 Å². The molecule has 0 spiro atoms. The van der Waals surface area contributed by atoms with E-state index in [0.717, 1.165) is 6.07 Å². The molecule has 0 fully saturated rings. The second-order valence-corrected chi connectivity index (χ2v) is 7.86. The van der Waals surface area contributed by atoms with Crippen LogP contribution in [0.3, 0.4) is 0 Å². The van der Waals surface area contributed by atoms with E-state index in [9.17, 15) is 13.6 Å². The van der Waals surface area contributed by atoms with Crippen molar-refractivity contribution in [3.05, 3.63) is 53.2 Å². The largest absolute Gasteiger partial charge is 0.447 e. The fraction of sp³-hybridized carbons (Fsp3) is 0.524. The normalized spacial score (nSPS) is 12.8. The maximum absolute atomic E-state index is 14.1. The molecular formula is C21H29F2N3O2. The standard InChI is InChI=1S/C21H29F2N3O2/c1-13(2)9-24-21(27)19-12-28-20(25-19)11-26(15(5)14(3)4)10-16-6-7-17(22)8-18(16)23/h6-8,12-15H,9-11H2,1-5H3,(H,24,27). The number of nitrogens with one attached hydrogen (secondary N) is 1. The first-order valence-electron chi connectivity index (χ1n) is 9.58. The number of hydrogen-bond acceptors (Lipinski definition) is 4. The van der Waals surface area contributed by atoms with Gasteiger partial charge in [0.25, 0.3) is 5.91 Å². The summed E-state index contributed by atoms with van der Waals surface area (Å²) >= 11 is 0. The molecule has 2 rings (SSSR count). The van der Waals surface area contributed by atoms with E-state index in [2.05, 4.69) is 24.1 Å². The lowest BCUT2D eigenvalue weighted by atomic mass is 10.0. The summed E-state index contributed by atoms with van der Waals surface area (Å²) in [4.78, 5) is 18.4. The van der Waals surface area contributed by atoms with Gasteiger partial charge in [0.05, 0.1) is 6.54 Å². The fourth-order valence-electron chi connectivity index (χ4n) is 2.68. The number of nitrogens with zero attached hydrogens (tertiary/aromatic N) is 2. The van der Waals surface area contributed by atoms with Gasteiger partial charge < -0.3 is 9.73 Å². The van der Waals surface area contributed by atoms with Gasteiger partial charge in [-0.3, -0.25) is 9.69 Å². The minimum Gasteiger partial charge on any atom is -0.447 e. The molecule has 2 aromatic rings. The molecule has 28 heavy (non-hydrogen) atoms. The van der Waals surface area contributed by atoms with Crippen molar-refractivity contribution < 1.29 is 18.0 Å². The van der Waals surface area contributed by atoms with Gasteiger partial charge in [0.1, 0.15) is 17.9 Å². The Morgan fingerprint density at radius 1 is 1.18 bits per heavy atom. The van der Waals surface area contributed by atoms with Crippen LogP contribution in [0.4, 0.5) is 8.78 Å². The van der Waals surface area contributed by atoms with Crippen LogP contribution < -0.4 is 5.32 Å². The lowest BCUT2D eigenvalue weighted by molar-refractivity contribution is 0.0943. The van der Waals surface area contributed by atoms with Crippen molar-refractivity contribution in [2.45, 2.75) is 53.8 Å². The van der Waals surface area contributed by atoms with Crippen molar-refractivity contribution in [1.82, 2.24) is 15.2 Å². The van der Waals surface area contributed by atoms with Crippen LogP contribution in [0.15, 0.2) is 28.9 Å². The quantitative estimate of drug-likeness (QED) is 0.687. The first kappa shape index (κ1) is 22.0. The molecular weight excluding hydrogens is 364 g/mol. The minimum atomic E-state index is -0.602. The second kappa shape index (κ2) is 9.78. The van der Waals surface area contributed by atoms with E-state index in [0.29, 0.717) is 36.4 Å². The molecule has 0 saturated heterocycles. The highest BCUT2D eigenvalue weighted by Gasteiger charge is 2.22. The first-order chi connectivity index (χ1) is 13.2. The highest BCUT2D eigenvalue weighted by Crippen LogP contribution is 2.20. The zero-order chi connectivity index (χ0) is 20.8. The molecule has 5 nitrogen and oxygen atoms in total. The number of benzene rings is 1. The molecule has 0 saturated carbocycles. The van der Waals surface area contributed by atoms with Crippen molar-refractivity contribution in [3.63, 3.8) is 0 Å². The Morgan fingerprint density at radius 2 is 1.89 bits per heavy atom. The molecule has 0 aliphatic rings. The Labute approximate surface area is 165 Å². The summed E-state index contributed by atoms with van der Waals surface area (Å²) in [7, 11) is 0. The van der Waals surface area contributed by atoms with E-state index in [1.165, 1.54) is 18.4 Å². The number of rotatable bonds is 9. The highest BCUT2D eigenvalue weighted by molar-refractivity contribution is 5.91. The molecule has 1 heterocycles. The molecule has 1 amide bonds. The molecule has 0 bridgehead atoms. The minimum absolute atomic E-state index is 0.0922. The van der Waals surface area contributed by atoms with Crippen molar-refractivity contribution in [1.29, 1.82) is 0 Å². The molecule has 1 unspecified atom stereocenters. The molecule has 154 valence electrons. The van der Waals surface area contributed by atoms with Gasteiger partial charge >= 0.3 is 0 Å². The predicted octanol–water partition coefficient (Wildman–Crippen LogP) is 4.39. The molecule has 0 radical (unpaired) electrons. The Bertz CT molecular complexity index is 790. The summed E-state index contributed by atoms with van der Waals surface area (Å²) in [5.74, 6) is -0.450. The first-order valence-corrected chi connectivity index (χ1v) is 9.58. The molecule has 1 aromatic carbocycles. The monoisotopic (exact) mass is 393 g/mol. The predicted molar refractivity (Wildman–Crippen MR) is 104 cm³/mol. The van der Waals surface area contributed by atoms with E-state index in [1.54, 1.807) is 0 Å². The molecule has 1 aromatic heterocycles. The summed E-state index contributed by atoms with van der Waals surface area (Å²) < 4.78 is 32.8. The third kappa shape index (κ3) is 6.12. The van der Waals surface area contributed by atoms with Crippen LogP contribution >= 0.6 is 0 Å². The van der Waals surface area contributed by atoms with Crippen LogP contribution in [0, 0.1) is 23.5 Å². The lowest BCUT2D eigenvalue weighted by Gasteiger charge is -2.30. The molecule has 1 atom stereocenters. The number of aromatic nitrogens is 1. The van der Waals surface area contributed by atoms with Gasteiger partial charge in [0, 0.05) is 30.8 Å². The number of oxazole rings is 1. The Balaban J connectivity index is 2.13. The Kier molecular flexibility index (Phi) is 7.69. The van der Waals surface area contributed by atoms with Gasteiger partial charge in [0.15, 0.2) is 5.69 Å². The summed E-state index contributed by atoms with van der Waals surface area (Å²) in [6.45, 7) is 11.3. The van der Waals surface area contributed by atoms with Crippen LogP contribution in [0.5, 0.6) is 0 Å². The van der Waals surface area contributed by atoms with Gasteiger partial charge in [-0.2, -0.15) is 0 Å². The number of amides is 1. The topological polar surface area (TPSA) is 58.4 Å². The second-order valence-electron chi connectivity index (χ2n) is 7.86. The molecule has 1 N–H and O–H groups in total. The summed E-state index contributed by atoms with van der Waals surface area (Å²) in [5, 5.41) is 2.80. The number of halogens is 2. The average molecular weight is 393 g/mol. The van der Waals surface area contributed by atoms with E-state index in [-0.39, 0.29) is 24.2 Å². The van der Waals surface area contributed by atoms with Crippen molar-refractivity contribution >= 4 is 5.91 Å². The number of hydrogen-bond donors (Lipinski definition) is 1. The number of carbonyl (C=O) groups is 1. The zero-order valence-corrected chi connectivity index (χ0v) is 17.1. The maximum Gasteiger partial charge on any atom is 0.273 e. The SMILES string of the molecule is CC(C)CNC(=O)c1coc(CN(Cc2ccc(F)cc2F)C(C)C(C)C)n1. The van der Waals surface area contributed by atoms with Gasteiger partial charge in [-0.25, -0.2) is 13.8 Å². The van der Waals surface area contributed by atoms with Crippen LogP contribution in [0.2, 0.25) is 0 Å². The molecule has 7 heteroatoms. The Morgan fingerprint density at radius 3 is 2.50 bits per heavy atom. The van der Waals surface area contributed by atoms with Crippen LogP contribution in [0.25, 0.3) is 0 Å². The van der Waals surface area contributed by atoms with Gasteiger partial charge in [-0.1, -0.05) is 33.8 Å². The third-order valence-electron chi connectivity index (χ3n) is 4.72. The summed E-state index contributed by atoms with van der Waals surface area (Å²) in [5.41, 5.74) is 0.621. The van der Waals surface area contributed by atoms with E-state index >= 15 is 0 Å². The van der Waals surface area contributed by atoms with E-state index in [4.69, 9.17) is 4.42 Å². The number of carbonyl (C=O) groups excluding carboxylic acids is 1. The third-order valence-corrected chi connectivity index (χ3v) is 4.72. The maximum atomic E-state index is 14.1.